The highest BCUT2D eigenvalue weighted by molar-refractivity contribution is 5.81. The zero-order valence-corrected chi connectivity index (χ0v) is 14.5. The summed E-state index contributed by atoms with van der Waals surface area (Å²) in [5, 5.41) is 2.95. The molecule has 0 saturated heterocycles. The van der Waals surface area contributed by atoms with Gasteiger partial charge in [0.05, 0.1) is 6.04 Å². The van der Waals surface area contributed by atoms with Crippen molar-refractivity contribution < 1.29 is 4.79 Å². The van der Waals surface area contributed by atoms with Crippen LogP contribution in [0.4, 0.5) is 5.69 Å². The molecule has 1 atom stereocenters. The van der Waals surface area contributed by atoms with Gasteiger partial charge in [0.2, 0.25) is 5.91 Å². The molecule has 4 heteroatoms. The first-order chi connectivity index (χ1) is 11.6. The number of nitrogens with one attached hydrogen (secondary N) is 1. The van der Waals surface area contributed by atoms with Crippen molar-refractivity contribution in [3.8, 4) is 0 Å². The summed E-state index contributed by atoms with van der Waals surface area (Å²) < 4.78 is 0. The maximum absolute atomic E-state index is 12.2. The molecule has 0 radical (unpaired) electrons. The number of anilines is 1. The number of rotatable bonds is 8. The van der Waals surface area contributed by atoms with Gasteiger partial charge in [-0.25, -0.2) is 0 Å². The first-order valence-corrected chi connectivity index (χ1v) is 8.49. The third kappa shape index (κ3) is 5.39. The summed E-state index contributed by atoms with van der Waals surface area (Å²) in [5.74, 6) is -0.0980. The van der Waals surface area contributed by atoms with Gasteiger partial charge in [0.15, 0.2) is 0 Å². The van der Waals surface area contributed by atoms with Crippen LogP contribution in [0.3, 0.4) is 0 Å². The summed E-state index contributed by atoms with van der Waals surface area (Å²) >= 11 is 0. The lowest BCUT2D eigenvalue weighted by Crippen LogP contribution is -2.44. The summed E-state index contributed by atoms with van der Waals surface area (Å²) in [6.07, 6.45) is 0.558. The molecule has 0 aliphatic rings. The zero-order valence-electron chi connectivity index (χ0n) is 14.5. The summed E-state index contributed by atoms with van der Waals surface area (Å²) in [6.45, 7) is 6.45. The summed E-state index contributed by atoms with van der Waals surface area (Å²) in [6, 6.07) is 17.7. The van der Waals surface area contributed by atoms with Crippen LogP contribution in [0.1, 0.15) is 18.1 Å². The van der Waals surface area contributed by atoms with Crippen LogP contribution in [0.5, 0.6) is 0 Å². The van der Waals surface area contributed by atoms with Crippen LogP contribution >= 0.6 is 0 Å². The third-order valence-electron chi connectivity index (χ3n) is 4.06. The number of likely N-dealkylation sites (N-methyl/N-ethyl adjacent to an activating group) is 1. The van der Waals surface area contributed by atoms with Crippen LogP contribution in [-0.4, -0.2) is 31.6 Å². The molecule has 0 aliphatic carbocycles. The minimum absolute atomic E-state index is 0.0980. The van der Waals surface area contributed by atoms with E-state index in [9.17, 15) is 4.79 Å². The monoisotopic (exact) mass is 325 g/mol. The van der Waals surface area contributed by atoms with Crippen molar-refractivity contribution in [2.75, 3.05) is 24.5 Å². The molecule has 2 aromatic rings. The Labute approximate surface area is 144 Å². The lowest BCUT2D eigenvalue weighted by Gasteiger charge is -2.24. The number of carbonyl (C=O) groups excluding carboxylic acids is 1. The first-order valence-electron chi connectivity index (χ1n) is 8.49. The van der Waals surface area contributed by atoms with E-state index in [1.165, 1.54) is 11.3 Å². The maximum atomic E-state index is 12.2. The molecule has 128 valence electrons. The third-order valence-corrected chi connectivity index (χ3v) is 4.06. The fraction of sp³-hybridized carbons (Fsp3) is 0.350. The Morgan fingerprint density at radius 3 is 2.58 bits per heavy atom. The molecule has 0 saturated carbocycles. The highest BCUT2D eigenvalue weighted by atomic mass is 16.2. The van der Waals surface area contributed by atoms with E-state index in [1.807, 2.05) is 30.3 Å². The van der Waals surface area contributed by atoms with Crippen LogP contribution in [0.15, 0.2) is 54.6 Å². The second-order valence-corrected chi connectivity index (χ2v) is 6.01. The van der Waals surface area contributed by atoms with E-state index in [-0.39, 0.29) is 5.91 Å². The average molecular weight is 325 g/mol. The Morgan fingerprint density at radius 2 is 1.92 bits per heavy atom. The normalized spacial score (nSPS) is 11.8. The fourth-order valence-corrected chi connectivity index (χ4v) is 2.70. The molecular formula is C20H27N3O. The van der Waals surface area contributed by atoms with E-state index in [0.717, 1.165) is 18.7 Å². The second kappa shape index (κ2) is 9.08. The predicted octanol–water partition coefficient (Wildman–Crippen LogP) is 2.51. The van der Waals surface area contributed by atoms with E-state index in [4.69, 9.17) is 5.73 Å². The van der Waals surface area contributed by atoms with Gasteiger partial charge in [-0.15, -0.1) is 0 Å². The summed E-state index contributed by atoms with van der Waals surface area (Å²) in [4.78, 5) is 14.4. The molecule has 0 spiro atoms. The van der Waals surface area contributed by atoms with Crippen LogP contribution in [-0.2, 0) is 11.2 Å². The number of amides is 1. The minimum Gasteiger partial charge on any atom is -0.370 e. The number of carbonyl (C=O) groups is 1. The van der Waals surface area contributed by atoms with Crippen LogP contribution < -0.4 is 16.0 Å². The number of benzene rings is 2. The van der Waals surface area contributed by atoms with Gasteiger partial charge in [-0.2, -0.15) is 0 Å². The SMILES string of the molecule is CCN(CCNC(=O)C(N)Cc1ccccc1)c1cccc(C)c1. The number of nitrogens with two attached hydrogens (primary N) is 1. The average Bonchev–Trinajstić information content (AvgIpc) is 2.59. The van der Waals surface area contributed by atoms with E-state index >= 15 is 0 Å². The Hall–Kier alpha value is -2.33. The van der Waals surface area contributed by atoms with E-state index in [1.54, 1.807) is 0 Å². The predicted molar refractivity (Wildman–Crippen MR) is 100 cm³/mol. The largest absolute Gasteiger partial charge is 0.370 e. The van der Waals surface area contributed by atoms with Crippen LogP contribution in [0.25, 0.3) is 0 Å². The van der Waals surface area contributed by atoms with E-state index in [0.29, 0.717) is 13.0 Å². The number of hydrogen-bond acceptors (Lipinski definition) is 3. The molecule has 2 rings (SSSR count). The topological polar surface area (TPSA) is 58.4 Å². The van der Waals surface area contributed by atoms with Gasteiger partial charge >= 0.3 is 0 Å². The molecule has 0 bridgehead atoms. The second-order valence-electron chi connectivity index (χ2n) is 6.01. The molecule has 0 heterocycles. The molecule has 1 amide bonds. The Bertz CT molecular complexity index is 642. The molecule has 0 fully saturated rings. The molecule has 1 unspecified atom stereocenters. The van der Waals surface area contributed by atoms with Crippen molar-refractivity contribution in [2.45, 2.75) is 26.3 Å². The van der Waals surface area contributed by atoms with Gasteiger partial charge < -0.3 is 16.0 Å². The number of nitrogens with zero attached hydrogens (tertiary/aromatic N) is 1. The Balaban J connectivity index is 1.80. The molecular weight excluding hydrogens is 298 g/mol. The van der Waals surface area contributed by atoms with Gasteiger partial charge in [-0.3, -0.25) is 4.79 Å². The highest BCUT2D eigenvalue weighted by Crippen LogP contribution is 2.14. The minimum atomic E-state index is -0.513. The van der Waals surface area contributed by atoms with Crippen molar-refractivity contribution in [1.82, 2.24) is 5.32 Å². The molecule has 0 aromatic heterocycles. The molecule has 0 aliphatic heterocycles. The van der Waals surface area contributed by atoms with Crippen molar-refractivity contribution in [2.24, 2.45) is 5.73 Å². The van der Waals surface area contributed by atoms with Gasteiger partial charge in [-0.05, 0) is 43.5 Å². The highest BCUT2D eigenvalue weighted by Gasteiger charge is 2.14. The van der Waals surface area contributed by atoms with Crippen LogP contribution in [0, 0.1) is 6.92 Å². The Morgan fingerprint density at radius 1 is 1.17 bits per heavy atom. The van der Waals surface area contributed by atoms with Crippen molar-refractivity contribution >= 4 is 11.6 Å². The smallest absolute Gasteiger partial charge is 0.237 e. The van der Waals surface area contributed by atoms with E-state index < -0.39 is 6.04 Å². The zero-order chi connectivity index (χ0) is 17.4. The van der Waals surface area contributed by atoms with Gasteiger partial charge in [0.1, 0.15) is 0 Å². The molecule has 3 N–H and O–H groups in total. The standard InChI is InChI=1S/C20H27N3O/c1-3-23(18-11-7-8-16(2)14-18)13-12-22-20(24)19(21)15-17-9-5-4-6-10-17/h4-11,14,19H,3,12-13,15,21H2,1-2H3,(H,22,24). The van der Waals surface area contributed by atoms with Crippen LogP contribution in [0.2, 0.25) is 0 Å². The summed E-state index contributed by atoms with van der Waals surface area (Å²) in [7, 11) is 0. The quantitative estimate of drug-likeness (QED) is 0.784. The summed E-state index contributed by atoms with van der Waals surface area (Å²) in [5.41, 5.74) is 9.50. The molecule has 24 heavy (non-hydrogen) atoms. The van der Waals surface area contributed by atoms with E-state index in [2.05, 4.69) is 48.3 Å². The van der Waals surface area contributed by atoms with Gasteiger partial charge in [0.25, 0.3) is 0 Å². The lowest BCUT2D eigenvalue weighted by atomic mass is 10.1. The van der Waals surface area contributed by atoms with Gasteiger partial charge in [-0.1, -0.05) is 42.5 Å². The fourth-order valence-electron chi connectivity index (χ4n) is 2.70. The number of hydrogen-bond donors (Lipinski definition) is 2. The Kier molecular flexibility index (Phi) is 6.82. The number of aryl methyl sites for hydroxylation is 1. The first kappa shape index (κ1) is 18.0. The molecule has 2 aromatic carbocycles. The van der Waals surface area contributed by atoms with Crippen molar-refractivity contribution in [1.29, 1.82) is 0 Å². The van der Waals surface area contributed by atoms with Gasteiger partial charge in [0, 0.05) is 25.3 Å². The van der Waals surface area contributed by atoms with Crippen molar-refractivity contribution in [3.05, 3.63) is 65.7 Å². The lowest BCUT2D eigenvalue weighted by molar-refractivity contribution is -0.122. The van der Waals surface area contributed by atoms with Crippen molar-refractivity contribution in [3.63, 3.8) is 0 Å². The maximum Gasteiger partial charge on any atom is 0.237 e. The molecule has 4 nitrogen and oxygen atoms in total.